The van der Waals surface area contributed by atoms with Gasteiger partial charge in [0.1, 0.15) is 5.82 Å². The molecule has 1 atom stereocenters. The van der Waals surface area contributed by atoms with Gasteiger partial charge >= 0.3 is 0 Å². The van der Waals surface area contributed by atoms with Crippen LogP contribution < -0.4 is 4.90 Å². The fourth-order valence-corrected chi connectivity index (χ4v) is 3.64. The molecule has 1 saturated carbocycles. The van der Waals surface area contributed by atoms with E-state index < -0.39 is 0 Å². The number of hydrogen-bond donors (Lipinski definition) is 1. The van der Waals surface area contributed by atoms with Crippen molar-refractivity contribution in [2.24, 2.45) is 5.92 Å². The minimum atomic E-state index is -0.202. The monoisotopic (exact) mass is 337 g/mol. The molecule has 1 aliphatic rings. The van der Waals surface area contributed by atoms with Crippen molar-refractivity contribution in [3.05, 3.63) is 59.3 Å². The van der Waals surface area contributed by atoms with Crippen LogP contribution in [0.25, 0.3) is 10.9 Å². The summed E-state index contributed by atoms with van der Waals surface area (Å²) in [5.41, 5.74) is 5.72. The number of aryl methyl sites for hydroxylation is 2. The zero-order chi connectivity index (χ0) is 17.6. The molecule has 0 radical (unpaired) electrons. The van der Waals surface area contributed by atoms with E-state index >= 15 is 0 Å². The third kappa shape index (κ3) is 3.01. The molecule has 4 heteroatoms. The van der Waals surface area contributed by atoms with E-state index in [1.165, 1.54) is 41.6 Å². The van der Waals surface area contributed by atoms with Crippen LogP contribution in [0.4, 0.5) is 10.1 Å². The summed E-state index contributed by atoms with van der Waals surface area (Å²) < 4.78 is 13.3. The van der Waals surface area contributed by atoms with E-state index in [4.69, 9.17) is 4.98 Å². The summed E-state index contributed by atoms with van der Waals surface area (Å²) >= 11 is 0. The Morgan fingerprint density at radius 3 is 2.60 bits per heavy atom. The molecule has 4 rings (SSSR count). The molecule has 0 saturated heterocycles. The number of halogens is 1. The van der Waals surface area contributed by atoms with Crippen LogP contribution in [0.2, 0.25) is 0 Å². The van der Waals surface area contributed by atoms with Crippen molar-refractivity contribution in [1.29, 1.82) is 0 Å². The van der Waals surface area contributed by atoms with Crippen LogP contribution in [0.5, 0.6) is 0 Å². The van der Waals surface area contributed by atoms with E-state index in [1.54, 1.807) is 0 Å². The Bertz CT molecular complexity index is 893. The van der Waals surface area contributed by atoms with Crippen molar-refractivity contribution in [2.45, 2.75) is 39.2 Å². The molecule has 1 unspecified atom stereocenters. The lowest BCUT2D eigenvalue weighted by Gasteiger charge is -2.30. The summed E-state index contributed by atoms with van der Waals surface area (Å²) in [6, 6.07) is 9.01. The summed E-state index contributed by atoms with van der Waals surface area (Å²) in [4.78, 5) is 10.5. The smallest absolute Gasteiger partial charge is 0.123 e. The second-order valence-electron chi connectivity index (χ2n) is 7.28. The van der Waals surface area contributed by atoms with Crippen molar-refractivity contribution in [1.82, 2.24) is 9.97 Å². The first-order valence-corrected chi connectivity index (χ1v) is 8.96. The highest BCUT2D eigenvalue weighted by molar-refractivity contribution is 5.86. The van der Waals surface area contributed by atoms with E-state index in [1.807, 2.05) is 18.3 Å². The molecule has 1 N–H and O–H groups in total. The molecule has 1 fully saturated rings. The Labute approximate surface area is 147 Å². The highest BCUT2D eigenvalue weighted by Gasteiger charge is 2.31. The Kier molecular flexibility index (Phi) is 3.98. The van der Waals surface area contributed by atoms with Gasteiger partial charge in [0.25, 0.3) is 0 Å². The van der Waals surface area contributed by atoms with E-state index in [9.17, 15) is 4.39 Å². The highest BCUT2D eigenvalue weighted by Crippen LogP contribution is 2.42. The minimum Gasteiger partial charge on any atom is -0.366 e. The molecular formula is C21H24FN3. The number of H-pyrrole nitrogens is 1. The third-order valence-electron chi connectivity index (χ3n) is 5.53. The van der Waals surface area contributed by atoms with Crippen LogP contribution in [0.1, 0.15) is 42.3 Å². The zero-order valence-electron chi connectivity index (χ0n) is 15.0. The molecule has 0 bridgehead atoms. The molecule has 0 spiro atoms. The van der Waals surface area contributed by atoms with Crippen LogP contribution in [-0.2, 0) is 0 Å². The van der Waals surface area contributed by atoms with Gasteiger partial charge in [0.2, 0.25) is 0 Å². The average Bonchev–Trinajstić information content (AvgIpc) is 3.39. The summed E-state index contributed by atoms with van der Waals surface area (Å²) in [5, 5.41) is 1.25. The lowest BCUT2D eigenvalue weighted by molar-refractivity contribution is 0.557. The molecule has 2 heterocycles. The van der Waals surface area contributed by atoms with Gasteiger partial charge in [-0.2, -0.15) is 0 Å². The van der Waals surface area contributed by atoms with E-state index in [0.29, 0.717) is 0 Å². The van der Waals surface area contributed by atoms with Crippen LogP contribution in [-0.4, -0.2) is 17.0 Å². The van der Waals surface area contributed by atoms with Crippen molar-refractivity contribution in [2.75, 3.05) is 11.9 Å². The highest BCUT2D eigenvalue weighted by atomic mass is 19.1. The van der Waals surface area contributed by atoms with Gasteiger partial charge in [-0.05, 0) is 62.1 Å². The van der Waals surface area contributed by atoms with Crippen LogP contribution in [0, 0.1) is 25.6 Å². The summed E-state index contributed by atoms with van der Waals surface area (Å²) in [6.07, 6.45) is 5.59. The first-order chi connectivity index (χ1) is 12.0. The maximum Gasteiger partial charge on any atom is 0.123 e. The standard InChI is InChI=1S/C21H24FN3/c1-13-14(2)24-20-18(13)10-11-23-21(20)19(12-15-4-5-15)25(3)17-8-6-16(22)7-9-17/h6-11,15,19,24H,4-5,12H2,1-3H3. The second-order valence-corrected chi connectivity index (χ2v) is 7.28. The number of aromatic nitrogens is 2. The van der Waals surface area contributed by atoms with E-state index in [-0.39, 0.29) is 11.9 Å². The van der Waals surface area contributed by atoms with E-state index in [0.717, 1.165) is 29.2 Å². The maximum absolute atomic E-state index is 13.3. The molecule has 3 aromatic rings. The number of anilines is 1. The Hall–Kier alpha value is -2.36. The number of pyridine rings is 1. The SMILES string of the molecule is Cc1[nH]c2c(C(CC3CC3)N(C)c3ccc(F)cc3)nccc2c1C. The Morgan fingerprint density at radius 2 is 1.92 bits per heavy atom. The number of nitrogens with one attached hydrogen (secondary N) is 1. The van der Waals surface area contributed by atoms with Gasteiger partial charge in [-0.3, -0.25) is 4.98 Å². The fraction of sp³-hybridized carbons (Fsp3) is 0.381. The molecule has 1 aromatic carbocycles. The minimum absolute atomic E-state index is 0.180. The van der Waals surface area contributed by atoms with Crippen LogP contribution >= 0.6 is 0 Å². The Balaban J connectivity index is 1.79. The molecule has 0 aliphatic heterocycles. The number of hydrogen-bond acceptors (Lipinski definition) is 2. The van der Waals surface area contributed by atoms with Crippen molar-refractivity contribution < 1.29 is 4.39 Å². The van der Waals surface area contributed by atoms with Gasteiger partial charge < -0.3 is 9.88 Å². The largest absolute Gasteiger partial charge is 0.366 e. The quantitative estimate of drug-likeness (QED) is 0.685. The lowest BCUT2D eigenvalue weighted by Crippen LogP contribution is -2.26. The molecule has 25 heavy (non-hydrogen) atoms. The normalized spacial score (nSPS) is 15.5. The molecule has 0 amide bonds. The Morgan fingerprint density at radius 1 is 1.20 bits per heavy atom. The van der Waals surface area contributed by atoms with Gasteiger partial charge in [0, 0.05) is 30.0 Å². The molecular weight excluding hydrogens is 313 g/mol. The summed E-state index contributed by atoms with van der Waals surface area (Å²) in [7, 11) is 2.09. The van der Waals surface area contributed by atoms with Gasteiger partial charge in [-0.15, -0.1) is 0 Å². The molecule has 2 aromatic heterocycles. The second kappa shape index (κ2) is 6.17. The first kappa shape index (κ1) is 16.1. The predicted molar refractivity (Wildman–Crippen MR) is 100 cm³/mol. The zero-order valence-corrected chi connectivity index (χ0v) is 15.0. The van der Waals surface area contributed by atoms with Crippen molar-refractivity contribution >= 4 is 16.6 Å². The van der Waals surface area contributed by atoms with E-state index in [2.05, 4.69) is 36.8 Å². The molecule has 1 aliphatic carbocycles. The maximum atomic E-state index is 13.3. The summed E-state index contributed by atoms with van der Waals surface area (Å²) in [6.45, 7) is 4.26. The number of rotatable bonds is 5. The van der Waals surface area contributed by atoms with Crippen molar-refractivity contribution in [3.8, 4) is 0 Å². The topological polar surface area (TPSA) is 31.9 Å². The summed E-state index contributed by atoms with van der Waals surface area (Å²) in [5.74, 6) is 0.564. The first-order valence-electron chi connectivity index (χ1n) is 8.96. The third-order valence-corrected chi connectivity index (χ3v) is 5.53. The predicted octanol–water partition coefficient (Wildman–Crippen LogP) is 5.30. The lowest BCUT2D eigenvalue weighted by atomic mass is 10.0. The number of nitrogens with zero attached hydrogens (tertiary/aromatic N) is 2. The number of aromatic amines is 1. The number of benzene rings is 1. The molecule has 130 valence electrons. The van der Waals surface area contributed by atoms with Crippen LogP contribution in [0.3, 0.4) is 0 Å². The fourth-order valence-electron chi connectivity index (χ4n) is 3.64. The molecule has 3 nitrogen and oxygen atoms in total. The average molecular weight is 337 g/mol. The van der Waals surface area contributed by atoms with Crippen LogP contribution in [0.15, 0.2) is 36.5 Å². The van der Waals surface area contributed by atoms with Gasteiger partial charge in [-0.1, -0.05) is 12.8 Å². The van der Waals surface area contributed by atoms with Crippen molar-refractivity contribution in [3.63, 3.8) is 0 Å². The van der Waals surface area contributed by atoms with Gasteiger partial charge in [-0.25, -0.2) is 4.39 Å². The number of fused-ring (bicyclic) bond motifs is 1. The van der Waals surface area contributed by atoms with Gasteiger partial charge in [0.15, 0.2) is 0 Å². The van der Waals surface area contributed by atoms with Gasteiger partial charge in [0.05, 0.1) is 17.3 Å².